The fourth-order valence-corrected chi connectivity index (χ4v) is 7.31. The molecule has 1 unspecified atom stereocenters. The summed E-state index contributed by atoms with van der Waals surface area (Å²) >= 11 is 0. The lowest BCUT2D eigenvalue weighted by atomic mass is 9.97. The quantitative estimate of drug-likeness (QED) is 0.281. The van der Waals surface area contributed by atoms with Gasteiger partial charge in [0.05, 0.1) is 21.9 Å². The van der Waals surface area contributed by atoms with E-state index >= 15 is 0 Å². The number of benzene rings is 3. The van der Waals surface area contributed by atoms with Gasteiger partial charge in [-0.3, -0.25) is 14.5 Å². The van der Waals surface area contributed by atoms with Crippen LogP contribution in [0.15, 0.2) is 85.4 Å². The summed E-state index contributed by atoms with van der Waals surface area (Å²) in [5.41, 5.74) is 0.751. The minimum Gasteiger partial charge on any atom is -0.450 e. The molecule has 2 aliphatic heterocycles. The topological polar surface area (TPSA) is 114 Å². The van der Waals surface area contributed by atoms with E-state index in [0.29, 0.717) is 35.4 Å². The largest absolute Gasteiger partial charge is 0.450 e. The fraction of sp³-hybridized carbons (Fsp3) is 0.233. The van der Waals surface area contributed by atoms with Crippen molar-refractivity contribution in [1.29, 1.82) is 0 Å². The molecule has 5 aromatic rings. The van der Waals surface area contributed by atoms with Crippen LogP contribution in [0.5, 0.6) is 0 Å². The Morgan fingerprint density at radius 1 is 0.900 bits per heavy atom. The SMILES string of the molecule is Cc1cc(N2C(=O)c3oc4c(ccc5ccccc54)c(=O)c3C2c2ccc(S(=O)(=O)N3CCCCC3)cc2)no1. The molecule has 1 amide bonds. The van der Waals surface area contributed by atoms with Crippen LogP contribution in [0, 0.1) is 6.92 Å². The standard InChI is InChI=1S/C30H25N3O6S/c1-18-17-24(31-39-18)33-26(20-9-12-21(13-10-20)40(36,37)32-15-5-2-6-16-32)25-27(34)23-14-11-19-7-3-4-8-22(19)28(23)38-29(25)30(33)35/h3-4,7-14,17,26H,2,5-6,15-16H2,1H3. The number of aryl methyl sites for hydroxylation is 1. The van der Waals surface area contributed by atoms with Gasteiger partial charge >= 0.3 is 0 Å². The van der Waals surface area contributed by atoms with Gasteiger partial charge < -0.3 is 8.94 Å². The molecule has 0 radical (unpaired) electrons. The molecule has 3 aromatic carbocycles. The third-order valence-corrected chi connectivity index (χ3v) is 9.69. The molecule has 7 rings (SSSR count). The molecular formula is C30H25N3O6S. The van der Waals surface area contributed by atoms with E-state index in [9.17, 15) is 18.0 Å². The number of amides is 1. The van der Waals surface area contributed by atoms with Crippen LogP contribution in [-0.4, -0.2) is 36.9 Å². The summed E-state index contributed by atoms with van der Waals surface area (Å²) in [5, 5.41) is 6.03. The Bertz CT molecular complexity index is 1970. The molecule has 10 heteroatoms. The first-order chi connectivity index (χ1) is 19.3. The van der Waals surface area contributed by atoms with Gasteiger partial charge in [0.2, 0.25) is 15.8 Å². The Hall–Kier alpha value is -4.28. The Labute approximate surface area is 229 Å². The van der Waals surface area contributed by atoms with Crippen LogP contribution < -0.4 is 10.3 Å². The minimum atomic E-state index is -3.65. The first-order valence-corrected chi connectivity index (χ1v) is 14.6. The maximum Gasteiger partial charge on any atom is 0.296 e. The zero-order valence-corrected chi connectivity index (χ0v) is 22.5. The average molecular weight is 556 g/mol. The van der Waals surface area contributed by atoms with Gasteiger partial charge in [0.1, 0.15) is 11.3 Å². The van der Waals surface area contributed by atoms with Gasteiger partial charge in [-0.2, -0.15) is 4.31 Å². The molecule has 1 atom stereocenters. The van der Waals surface area contributed by atoms with E-state index in [1.54, 1.807) is 31.2 Å². The van der Waals surface area contributed by atoms with E-state index in [1.807, 2.05) is 30.3 Å². The minimum absolute atomic E-state index is 0.0653. The van der Waals surface area contributed by atoms with Crippen molar-refractivity contribution in [3.63, 3.8) is 0 Å². The van der Waals surface area contributed by atoms with E-state index in [-0.39, 0.29) is 27.5 Å². The van der Waals surface area contributed by atoms with Crippen LogP contribution in [0.3, 0.4) is 0 Å². The van der Waals surface area contributed by atoms with Crippen molar-refractivity contribution in [3.05, 3.63) is 99.6 Å². The zero-order valence-electron chi connectivity index (χ0n) is 21.7. The molecule has 40 heavy (non-hydrogen) atoms. The lowest BCUT2D eigenvalue weighted by Gasteiger charge is -2.26. The van der Waals surface area contributed by atoms with Gasteiger partial charge in [-0.05, 0) is 48.9 Å². The van der Waals surface area contributed by atoms with Gasteiger partial charge in [-0.1, -0.05) is 54.0 Å². The number of anilines is 1. The average Bonchev–Trinajstić information content (AvgIpc) is 3.54. The second-order valence-corrected chi connectivity index (χ2v) is 12.2. The lowest BCUT2D eigenvalue weighted by molar-refractivity contribution is 0.0969. The summed E-state index contributed by atoms with van der Waals surface area (Å²) in [6.45, 7) is 2.70. The number of nitrogens with zero attached hydrogens (tertiary/aromatic N) is 3. The predicted octanol–water partition coefficient (Wildman–Crippen LogP) is 5.17. The predicted molar refractivity (Wildman–Crippen MR) is 149 cm³/mol. The molecule has 0 spiro atoms. The number of piperidine rings is 1. The van der Waals surface area contributed by atoms with Crippen LogP contribution in [0.25, 0.3) is 21.7 Å². The molecule has 1 fully saturated rings. The number of fused-ring (bicyclic) bond motifs is 4. The molecule has 4 heterocycles. The molecular weight excluding hydrogens is 530 g/mol. The highest BCUT2D eigenvalue weighted by Gasteiger charge is 2.45. The number of hydrogen-bond donors (Lipinski definition) is 0. The second-order valence-electron chi connectivity index (χ2n) is 10.2. The monoisotopic (exact) mass is 555 g/mol. The van der Waals surface area contributed by atoms with Crippen molar-refractivity contribution in [1.82, 2.24) is 9.46 Å². The highest BCUT2D eigenvalue weighted by atomic mass is 32.2. The van der Waals surface area contributed by atoms with Crippen LogP contribution in [0.4, 0.5) is 5.82 Å². The van der Waals surface area contributed by atoms with Gasteiger partial charge in [0.15, 0.2) is 11.2 Å². The van der Waals surface area contributed by atoms with Crippen molar-refractivity contribution in [3.8, 4) is 0 Å². The first kappa shape index (κ1) is 24.7. The third kappa shape index (κ3) is 3.70. The van der Waals surface area contributed by atoms with Crippen LogP contribution in [-0.2, 0) is 10.0 Å². The second kappa shape index (κ2) is 9.14. The maximum atomic E-state index is 14.0. The number of carbonyl (C=O) groups excluding carboxylic acids is 1. The van der Waals surface area contributed by atoms with Crippen LogP contribution >= 0.6 is 0 Å². The van der Waals surface area contributed by atoms with Crippen LogP contribution in [0.1, 0.15) is 52.7 Å². The molecule has 1 saturated heterocycles. The first-order valence-electron chi connectivity index (χ1n) is 13.2. The van der Waals surface area contributed by atoms with Crippen molar-refractivity contribution in [2.75, 3.05) is 18.0 Å². The van der Waals surface area contributed by atoms with Crippen molar-refractivity contribution < 1.29 is 22.2 Å². The maximum absolute atomic E-state index is 14.0. The van der Waals surface area contributed by atoms with Crippen molar-refractivity contribution in [2.45, 2.75) is 37.1 Å². The number of aromatic nitrogens is 1. The zero-order chi connectivity index (χ0) is 27.6. The number of carbonyl (C=O) groups is 1. The summed E-state index contributed by atoms with van der Waals surface area (Å²) in [7, 11) is -3.65. The highest BCUT2D eigenvalue weighted by molar-refractivity contribution is 7.89. The van der Waals surface area contributed by atoms with Gasteiger partial charge in [0, 0.05) is 24.5 Å². The third-order valence-electron chi connectivity index (χ3n) is 7.77. The van der Waals surface area contributed by atoms with Gasteiger partial charge in [0.25, 0.3) is 5.91 Å². The Kier molecular flexibility index (Phi) is 5.65. The number of rotatable bonds is 4. The van der Waals surface area contributed by atoms with E-state index in [4.69, 9.17) is 8.94 Å². The van der Waals surface area contributed by atoms with Gasteiger partial charge in [-0.15, -0.1) is 0 Å². The smallest absolute Gasteiger partial charge is 0.296 e. The molecule has 0 saturated carbocycles. The Morgan fingerprint density at radius 2 is 1.65 bits per heavy atom. The van der Waals surface area contributed by atoms with Crippen molar-refractivity contribution >= 4 is 43.5 Å². The summed E-state index contributed by atoms with van der Waals surface area (Å²) in [6, 6.07) is 18.2. The van der Waals surface area contributed by atoms with Crippen molar-refractivity contribution in [2.24, 2.45) is 0 Å². The number of sulfonamides is 1. The molecule has 2 aromatic heterocycles. The Balaban J connectivity index is 1.40. The van der Waals surface area contributed by atoms with Gasteiger partial charge in [-0.25, -0.2) is 8.42 Å². The van der Waals surface area contributed by atoms with E-state index in [1.165, 1.54) is 21.3 Å². The summed E-state index contributed by atoms with van der Waals surface area (Å²) < 4.78 is 39.5. The molecule has 9 nitrogen and oxygen atoms in total. The molecule has 202 valence electrons. The van der Waals surface area contributed by atoms with Crippen LogP contribution in [0.2, 0.25) is 0 Å². The van der Waals surface area contributed by atoms with E-state index in [2.05, 4.69) is 5.16 Å². The fourth-order valence-electron chi connectivity index (χ4n) is 5.80. The summed E-state index contributed by atoms with van der Waals surface area (Å²) in [5.74, 6) is 0.142. The highest BCUT2D eigenvalue weighted by Crippen LogP contribution is 2.42. The normalized spacial score (nSPS) is 18.1. The number of hydrogen-bond acceptors (Lipinski definition) is 7. The summed E-state index contributed by atoms with van der Waals surface area (Å²) in [6.07, 6.45) is 2.69. The molecule has 2 aliphatic rings. The lowest BCUT2D eigenvalue weighted by Crippen LogP contribution is -2.35. The Morgan fingerprint density at radius 3 is 2.38 bits per heavy atom. The molecule has 0 aliphatic carbocycles. The van der Waals surface area contributed by atoms with E-state index in [0.717, 1.165) is 30.0 Å². The summed E-state index contributed by atoms with van der Waals surface area (Å²) in [4.78, 5) is 29.4. The molecule has 0 bridgehead atoms. The van der Waals surface area contributed by atoms with E-state index < -0.39 is 22.0 Å². The molecule has 0 N–H and O–H groups in total.